The largest absolute Gasteiger partial charge is 0.459 e. The Morgan fingerprint density at radius 1 is 0.875 bits per heavy atom. The Hall–Kier alpha value is -3.41. The first-order valence-electron chi connectivity index (χ1n) is 7.19. The summed E-state index contributed by atoms with van der Waals surface area (Å²) in [6.07, 6.45) is 1.54. The van der Waals surface area contributed by atoms with Gasteiger partial charge in [0.25, 0.3) is 5.89 Å². The second-order valence-electron chi connectivity index (χ2n) is 4.98. The third kappa shape index (κ3) is 2.89. The number of hydrogen-bond acceptors (Lipinski definition) is 5. The number of aromatic nitrogens is 2. The molecule has 0 aliphatic heterocycles. The van der Waals surface area contributed by atoms with E-state index in [2.05, 4.69) is 10.1 Å². The van der Waals surface area contributed by atoms with Crippen LogP contribution in [0.25, 0.3) is 23.0 Å². The van der Waals surface area contributed by atoms with Gasteiger partial charge in [0.15, 0.2) is 5.76 Å². The van der Waals surface area contributed by atoms with Crippen LogP contribution in [0.4, 0.5) is 4.39 Å². The first-order chi connectivity index (χ1) is 11.8. The van der Waals surface area contributed by atoms with Gasteiger partial charge >= 0.3 is 0 Å². The second kappa shape index (κ2) is 6.00. The van der Waals surface area contributed by atoms with Crippen LogP contribution < -0.4 is 4.74 Å². The summed E-state index contributed by atoms with van der Waals surface area (Å²) < 4.78 is 28.9. The summed E-state index contributed by atoms with van der Waals surface area (Å²) in [5, 5.41) is 3.94. The molecule has 2 heterocycles. The Morgan fingerprint density at radius 3 is 2.25 bits per heavy atom. The minimum atomic E-state index is -0.304. The Balaban J connectivity index is 1.52. The summed E-state index contributed by atoms with van der Waals surface area (Å²) in [6.45, 7) is 0. The van der Waals surface area contributed by atoms with E-state index in [1.807, 2.05) is 12.1 Å². The summed E-state index contributed by atoms with van der Waals surface area (Å²) in [5.41, 5.74) is 0.781. The average Bonchev–Trinajstić information content (AvgIpc) is 3.29. The molecule has 24 heavy (non-hydrogen) atoms. The molecule has 0 aliphatic rings. The zero-order valence-electron chi connectivity index (χ0n) is 12.3. The molecule has 0 saturated carbocycles. The molecule has 2 aromatic carbocycles. The van der Waals surface area contributed by atoms with Crippen molar-refractivity contribution in [2.45, 2.75) is 0 Å². The van der Waals surface area contributed by atoms with Crippen LogP contribution in [-0.2, 0) is 0 Å². The predicted octanol–water partition coefficient (Wildman–Crippen LogP) is 4.93. The molecule has 0 fully saturated rings. The van der Waals surface area contributed by atoms with Crippen LogP contribution in [0.1, 0.15) is 0 Å². The number of hydrogen-bond donors (Lipinski definition) is 0. The van der Waals surface area contributed by atoms with Crippen molar-refractivity contribution in [3.63, 3.8) is 0 Å². The van der Waals surface area contributed by atoms with Gasteiger partial charge in [0, 0.05) is 5.56 Å². The van der Waals surface area contributed by atoms with E-state index in [4.69, 9.17) is 13.7 Å². The van der Waals surface area contributed by atoms with Gasteiger partial charge in [0.05, 0.1) is 6.26 Å². The predicted molar refractivity (Wildman–Crippen MR) is 83.9 cm³/mol. The molecule has 0 spiro atoms. The fraction of sp³-hybridized carbons (Fsp3) is 0. The molecule has 4 rings (SSSR count). The molecule has 0 bridgehead atoms. The Bertz CT molecular complexity index is 929. The van der Waals surface area contributed by atoms with Crippen LogP contribution in [0.5, 0.6) is 11.5 Å². The summed E-state index contributed by atoms with van der Waals surface area (Å²) in [5.74, 6) is 2.17. The molecule has 0 unspecified atom stereocenters. The third-order valence-corrected chi connectivity index (χ3v) is 3.32. The SMILES string of the molecule is Fc1ccc(Oc2ccc(-c3noc(-c4ccco4)n3)cc2)cc1. The fourth-order valence-electron chi connectivity index (χ4n) is 2.15. The van der Waals surface area contributed by atoms with Crippen molar-refractivity contribution in [3.8, 4) is 34.5 Å². The Morgan fingerprint density at radius 2 is 1.58 bits per heavy atom. The highest BCUT2D eigenvalue weighted by Gasteiger charge is 2.12. The van der Waals surface area contributed by atoms with E-state index in [1.165, 1.54) is 12.1 Å². The van der Waals surface area contributed by atoms with E-state index >= 15 is 0 Å². The van der Waals surface area contributed by atoms with Crippen LogP contribution in [0, 0.1) is 5.82 Å². The van der Waals surface area contributed by atoms with E-state index in [0.717, 1.165) is 5.56 Å². The molecule has 0 saturated heterocycles. The monoisotopic (exact) mass is 322 g/mol. The van der Waals surface area contributed by atoms with Gasteiger partial charge in [-0.25, -0.2) is 4.39 Å². The second-order valence-corrected chi connectivity index (χ2v) is 4.98. The zero-order valence-corrected chi connectivity index (χ0v) is 12.3. The van der Waals surface area contributed by atoms with Crippen molar-refractivity contribution < 1.29 is 18.1 Å². The van der Waals surface area contributed by atoms with Gasteiger partial charge in [-0.2, -0.15) is 4.98 Å². The molecule has 0 radical (unpaired) electrons. The van der Waals surface area contributed by atoms with Crippen LogP contribution in [0.15, 0.2) is 75.9 Å². The van der Waals surface area contributed by atoms with E-state index < -0.39 is 0 Å². The summed E-state index contributed by atoms with van der Waals surface area (Å²) in [7, 11) is 0. The van der Waals surface area contributed by atoms with Crippen molar-refractivity contribution in [2.75, 3.05) is 0 Å². The number of furan rings is 1. The smallest absolute Gasteiger partial charge is 0.293 e. The lowest BCUT2D eigenvalue weighted by Gasteiger charge is -2.05. The maximum absolute atomic E-state index is 12.9. The number of nitrogens with zero attached hydrogens (tertiary/aromatic N) is 2. The number of ether oxygens (including phenoxy) is 1. The molecular weight excluding hydrogens is 311 g/mol. The van der Waals surface area contributed by atoms with Gasteiger partial charge in [0.2, 0.25) is 5.82 Å². The molecule has 0 aliphatic carbocycles. The zero-order chi connectivity index (χ0) is 16.4. The first kappa shape index (κ1) is 14.2. The van der Waals surface area contributed by atoms with Crippen molar-refractivity contribution >= 4 is 0 Å². The van der Waals surface area contributed by atoms with Crippen LogP contribution in [0.2, 0.25) is 0 Å². The van der Waals surface area contributed by atoms with E-state index in [1.54, 1.807) is 42.7 Å². The number of benzene rings is 2. The molecule has 5 nitrogen and oxygen atoms in total. The van der Waals surface area contributed by atoms with Gasteiger partial charge in [-0.1, -0.05) is 5.16 Å². The van der Waals surface area contributed by atoms with Crippen molar-refractivity contribution in [1.82, 2.24) is 10.1 Å². The van der Waals surface area contributed by atoms with Crippen molar-refractivity contribution in [2.24, 2.45) is 0 Å². The normalized spacial score (nSPS) is 10.7. The lowest BCUT2D eigenvalue weighted by atomic mass is 10.2. The fourth-order valence-corrected chi connectivity index (χ4v) is 2.15. The maximum Gasteiger partial charge on any atom is 0.293 e. The Labute approximate surface area is 136 Å². The van der Waals surface area contributed by atoms with Gasteiger partial charge in [0.1, 0.15) is 17.3 Å². The highest BCUT2D eigenvalue weighted by molar-refractivity contribution is 5.58. The standard InChI is InChI=1S/C18H11FN2O3/c19-13-5-9-15(10-6-13)23-14-7-3-12(4-8-14)17-20-18(24-21-17)16-2-1-11-22-16/h1-11H. The first-order valence-corrected chi connectivity index (χ1v) is 7.19. The minimum Gasteiger partial charge on any atom is -0.459 e. The third-order valence-electron chi connectivity index (χ3n) is 3.32. The maximum atomic E-state index is 12.9. The highest BCUT2D eigenvalue weighted by atomic mass is 19.1. The van der Waals surface area contributed by atoms with Crippen LogP contribution in [-0.4, -0.2) is 10.1 Å². The molecule has 4 aromatic rings. The molecule has 118 valence electrons. The van der Waals surface area contributed by atoms with Gasteiger partial charge in [-0.05, 0) is 60.7 Å². The number of halogens is 1. The lowest BCUT2D eigenvalue weighted by Crippen LogP contribution is -1.86. The minimum absolute atomic E-state index is 0.304. The van der Waals surface area contributed by atoms with Crippen LogP contribution in [0.3, 0.4) is 0 Å². The van der Waals surface area contributed by atoms with E-state index in [9.17, 15) is 4.39 Å². The Kier molecular flexibility index (Phi) is 3.55. The average molecular weight is 322 g/mol. The van der Waals surface area contributed by atoms with E-state index in [-0.39, 0.29) is 5.82 Å². The molecule has 2 aromatic heterocycles. The van der Waals surface area contributed by atoms with E-state index in [0.29, 0.717) is 29.0 Å². The van der Waals surface area contributed by atoms with Gasteiger partial charge in [-0.15, -0.1) is 0 Å². The van der Waals surface area contributed by atoms with Crippen molar-refractivity contribution in [3.05, 3.63) is 72.7 Å². The quantitative estimate of drug-likeness (QED) is 0.533. The number of rotatable bonds is 4. The van der Waals surface area contributed by atoms with Gasteiger partial charge < -0.3 is 13.7 Å². The highest BCUT2D eigenvalue weighted by Crippen LogP contribution is 2.26. The van der Waals surface area contributed by atoms with Crippen LogP contribution >= 0.6 is 0 Å². The summed E-state index contributed by atoms with van der Waals surface area (Å²) in [6, 6.07) is 16.5. The molecule has 6 heteroatoms. The molecular formula is C18H11FN2O3. The molecule has 0 atom stereocenters. The van der Waals surface area contributed by atoms with Gasteiger partial charge in [-0.3, -0.25) is 0 Å². The summed E-state index contributed by atoms with van der Waals surface area (Å²) in [4.78, 5) is 4.29. The molecule has 0 N–H and O–H groups in total. The summed E-state index contributed by atoms with van der Waals surface area (Å²) >= 11 is 0. The van der Waals surface area contributed by atoms with Crippen molar-refractivity contribution in [1.29, 1.82) is 0 Å². The molecule has 0 amide bonds. The lowest BCUT2D eigenvalue weighted by molar-refractivity contribution is 0.417. The topological polar surface area (TPSA) is 61.3 Å².